The Morgan fingerprint density at radius 2 is 0.455 bits per heavy atom. The van der Waals surface area contributed by atoms with E-state index in [2.05, 4.69) is 41.5 Å². The van der Waals surface area contributed by atoms with Crippen LogP contribution in [0.3, 0.4) is 0 Å². The molecule has 101 heavy (non-hydrogen) atoms. The number of hydrogen-bond donors (Lipinski definition) is 3. The Hall–Kier alpha value is -1.94. The fraction of sp³-hybridized carbons (Fsp3) is 0.951. The van der Waals surface area contributed by atoms with Crippen molar-refractivity contribution in [1.29, 1.82) is 0 Å². The molecule has 2 unspecified atom stereocenters. The van der Waals surface area contributed by atoms with Crippen LogP contribution in [0.5, 0.6) is 0 Å². The molecule has 0 aromatic heterocycles. The first kappa shape index (κ1) is 99.1. The van der Waals surface area contributed by atoms with Crippen LogP contribution >= 0.6 is 15.6 Å². The molecule has 0 aliphatic carbocycles. The van der Waals surface area contributed by atoms with Crippen molar-refractivity contribution in [1.82, 2.24) is 0 Å². The molecule has 19 heteroatoms. The van der Waals surface area contributed by atoms with Crippen molar-refractivity contribution < 1.29 is 80.2 Å². The van der Waals surface area contributed by atoms with E-state index >= 15 is 0 Å². The van der Waals surface area contributed by atoms with E-state index in [1.54, 1.807) is 0 Å². The van der Waals surface area contributed by atoms with Crippen molar-refractivity contribution in [3.8, 4) is 0 Å². The van der Waals surface area contributed by atoms with Crippen molar-refractivity contribution in [2.75, 3.05) is 39.6 Å². The van der Waals surface area contributed by atoms with Crippen molar-refractivity contribution in [2.24, 2.45) is 11.8 Å². The molecule has 0 amide bonds. The summed E-state index contributed by atoms with van der Waals surface area (Å²) < 4.78 is 68.7. The number of aliphatic hydroxyl groups is 1. The molecule has 0 aromatic rings. The van der Waals surface area contributed by atoms with Gasteiger partial charge in [-0.1, -0.05) is 382 Å². The minimum Gasteiger partial charge on any atom is -0.462 e. The quantitative estimate of drug-likeness (QED) is 0.0222. The fourth-order valence-corrected chi connectivity index (χ4v) is 14.3. The molecular weight excluding hydrogens is 1320 g/mol. The number of carbonyl (C=O) groups excluding carboxylic acids is 4. The molecule has 0 aliphatic heterocycles. The summed E-state index contributed by atoms with van der Waals surface area (Å²) in [6.45, 7) is 9.61. The van der Waals surface area contributed by atoms with Crippen molar-refractivity contribution in [3.05, 3.63) is 0 Å². The van der Waals surface area contributed by atoms with Crippen molar-refractivity contribution in [3.63, 3.8) is 0 Å². The number of hydrogen-bond acceptors (Lipinski definition) is 15. The topological polar surface area (TPSA) is 237 Å². The van der Waals surface area contributed by atoms with Gasteiger partial charge in [-0.3, -0.25) is 37.3 Å². The summed E-state index contributed by atoms with van der Waals surface area (Å²) in [5, 5.41) is 10.6. The maximum absolute atomic E-state index is 13.1. The van der Waals surface area contributed by atoms with E-state index in [9.17, 15) is 43.2 Å². The summed E-state index contributed by atoms with van der Waals surface area (Å²) in [5.74, 6) is -0.593. The predicted octanol–water partition coefficient (Wildman–Crippen LogP) is 24.7. The number of rotatable bonds is 81. The molecule has 0 aromatic carbocycles. The number of aliphatic hydroxyl groups excluding tert-OH is 1. The number of carbonyl (C=O) groups is 4. The molecule has 0 saturated carbocycles. The molecule has 0 radical (unpaired) electrons. The smallest absolute Gasteiger partial charge is 0.462 e. The van der Waals surface area contributed by atoms with E-state index in [-0.39, 0.29) is 25.7 Å². The molecule has 600 valence electrons. The molecular formula is C82H160O17P2. The van der Waals surface area contributed by atoms with Gasteiger partial charge in [0.15, 0.2) is 12.2 Å². The molecule has 0 saturated heterocycles. The summed E-state index contributed by atoms with van der Waals surface area (Å²) in [6.07, 6.45) is 64.0. The summed E-state index contributed by atoms with van der Waals surface area (Å²) >= 11 is 0. The van der Waals surface area contributed by atoms with E-state index in [1.807, 2.05) is 0 Å². The number of phosphoric acid groups is 2. The third kappa shape index (κ3) is 76.1. The average Bonchev–Trinajstić information content (AvgIpc) is 0.957. The lowest BCUT2D eigenvalue weighted by Gasteiger charge is -2.21. The molecule has 0 heterocycles. The van der Waals surface area contributed by atoms with E-state index in [4.69, 9.17) is 37.0 Å². The average molecular weight is 1480 g/mol. The van der Waals surface area contributed by atoms with E-state index in [1.165, 1.54) is 250 Å². The van der Waals surface area contributed by atoms with Gasteiger partial charge in [0.25, 0.3) is 0 Å². The second kappa shape index (κ2) is 73.6. The highest BCUT2D eigenvalue weighted by atomic mass is 31.2. The Balaban J connectivity index is 5.20. The molecule has 0 rings (SSSR count). The number of phosphoric ester groups is 2. The fourth-order valence-electron chi connectivity index (χ4n) is 12.7. The monoisotopic (exact) mass is 1480 g/mol. The summed E-state index contributed by atoms with van der Waals surface area (Å²) in [4.78, 5) is 73.0. The van der Waals surface area contributed by atoms with Crippen LogP contribution in [0.25, 0.3) is 0 Å². The largest absolute Gasteiger partial charge is 0.472 e. The molecule has 3 N–H and O–H groups in total. The maximum Gasteiger partial charge on any atom is 0.472 e. The SMILES string of the molecule is CCCCCCCCCCCCCCCCCCCCCCCCC(=O)O[C@H](COC(=O)CCCCCCCCCCCCCCCCC(C)C)COP(=O)(O)OC[C@@H](O)COP(=O)(O)OC[C@@H](COC(=O)CCCCCCCCCCCCC)OC(=O)CCCCCCCCCCC(C)C. The first-order chi connectivity index (χ1) is 48.9. The summed E-state index contributed by atoms with van der Waals surface area (Å²) in [6, 6.07) is 0. The minimum absolute atomic E-state index is 0.105. The third-order valence-corrected chi connectivity index (χ3v) is 21.1. The Labute approximate surface area is 619 Å². The van der Waals surface area contributed by atoms with Crippen LogP contribution in [0.15, 0.2) is 0 Å². The van der Waals surface area contributed by atoms with Gasteiger partial charge >= 0.3 is 39.5 Å². The Morgan fingerprint density at radius 1 is 0.267 bits per heavy atom. The lowest BCUT2D eigenvalue weighted by Crippen LogP contribution is -2.30. The van der Waals surface area contributed by atoms with Crippen LogP contribution in [0.4, 0.5) is 0 Å². The lowest BCUT2D eigenvalue weighted by molar-refractivity contribution is -0.161. The molecule has 0 bridgehead atoms. The van der Waals surface area contributed by atoms with Gasteiger partial charge in [-0.25, -0.2) is 9.13 Å². The molecule has 0 spiro atoms. The van der Waals surface area contributed by atoms with E-state index in [0.29, 0.717) is 25.7 Å². The zero-order valence-corrected chi connectivity index (χ0v) is 68.0. The van der Waals surface area contributed by atoms with Crippen LogP contribution in [-0.2, 0) is 65.4 Å². The van der Waals surface area contributed by atoms with Gasteiger partial charge in [-0.2, -0.15) is 0 Å². The van der Waals surface area contributed by atoms with Crippen molar-refractivity contribution in [2.45, 2.75) is 452 Å². The van der Waals surface area contributed by atoms with Gasteiger partial charge < -0.3 is 33.8 Å². The summed E-state index contributed by atoms with van der Waals surface area (Å²) in [7, 11) is -9.92. The van der Waals surface area contributed by atoms with Crippen LogP contribution in [0.1, 0.15) is 433 Å². The number of esters is 4. The Morgan fingerprint density at radius 3 is 0.673 bits per heavy atom. The van der Waals surface area contributed by atoms with Gasteiger partial charge in [0, 0.05) is 25.7 Å². The number of ether oxygens (including phenoxy) is 4. The van der Waals surface area contributed by atoms with Gasteiger partial charge in [-0.05, 0) is 37.5 Å². The lowest BCUT2D eigenvalue weighted by atomic mass is 10.0. The van der Waals surface area contributed by atoms with E-state index in [0.717, 1.165) is 102 Å². The summed E-state index contributed by atoms with van der Waals surface area (Å²) in [5.41, 5.74) is 0. The minimum atomic E-state index is -4.96. The zero-order valence-electron chi connectivity index (χ0n) is 66.2. The molecule has 5 atom stereocenters. The van der Waals surface area contributed by atoms with Gasteiger partial charge in [0.1, 0.15) is 19.3 Å². The normalized spacial score (nSPS) is 13.9. The van der Waals surface area contributed by atoms with Gasteiger partial charge in [-0.15, -0.1) is 0 Å². The standard InChI is InChI=1S/C82H160O17P2/c1-7-9-11-13-15-17-19-20-21-22-23-24-25-26-27-28-33-37-41-48-54-60-66-81(86)98-77(70-93-80(85)65-59-53-47-40-36-32-30-29-31-35-38-44-50-56-62-74(3)4)72-96-100(88,89)94-68-76(83)69-95-101(90,91)97-73-78(99-82(87)67-61-55-49-43-42-45-51-57-63-75(5)6)71-92-79(84)64-58-52-46-39-34-18-16-14-12-10-8-2/h74-78,83H,7-73H2,1-6H3,(H,88,89)(H,90,91)/t76-,77-,78-/m1/s1. The highest BCUT2D eigenvalue weighted by molar-refractivity contribution is 7.47. The van der Waals surface area contributed by atoms with Crippen LogP contribution in [-0.4, -0.2) is 96.7 Å². The highest BCUT2D eigenvalue weighted by Gasteiger charge is 2.30. The first-order valence-corrected chi connectivity index (χ1v) is 45.5. The maximum atomic E-state index is 13.1. The predicted molar refractivity (Wildman–Crippen MR) is 414 cm³/mol. The van der Waals surface area contributed by atoms with Crippen molar-refractivity contribution >= 4 is 39.5 Å². The molecule has 17 nitrogen and oxygen atoms in total. The zero-order chi connectivity index (χ0) is 74.2. The number of unbranched alkanes of at least 4 members (excludes halogenated alkanes) is 51. The first-order valence-electron chi connectivity index (χ1n) is 42.5. The second-order valence-electron chi connectivity index (χ2n) is 30.5. The van der Waals surface area contributed by atoms with E-state index < -0.39 is 97.5 Å². The van der Waals surface area contributed by atoms with Crippen LogP contribution in [0.2, 0.25) is 0 Å². The van der Waals surface area contributed by atoms with Gasteiger partial charge in [0.2, 0.25) is 0 Å². The molecule has 0 aliphatic rings. The second-order valence-corrected chi connectivity index (χ2v) is 33.4. The Kier molecular flexibility index (Phi) is 72.2. The Bertz CT molecular complexity index is 1940. The van der Waals surface area contributed by atoms with Gasteiger partial charge in [0.05, 0.1) is 26.4 Å². The molecule has 0 fully saturated rings. The van der Waals surface area contributed by atoms with Crippen LogP contribution in [0, 0.1) is 11.8 Å². The van der Waals surface area contributed by atoms with Crippen LogP contribution < -0.4 is 0 Å². The third-order valence-electron chi connectivity index (χ3n) is 19.2. The highest BCUT2D eigenvalue weighted by Crippen LogP contribution is 2.45.